The molecule has 0 unspecified atom stereocenters. The van der Waals surface area contributed by atoms with Crippen molar-refractivity contribution >= 4 is 11.6 Å². The van der Waals surface area contributed by atoms with Crippen molar-refractivity contribution in [2.45, 2.75) is 37.1 Å². The SMILES string of the molecule is C[C@@H]1N[C@]2(C(=O)Nc3ccccc32)[C@H]([N+](=O)[O-])[C@@H]1c1ccc(OCc2ccccc2)cc1. The number of carbonyl (C=O) groups is 1. The summed E-state index contributed by atoms with van der Waals surface area (Å²) in [4.78, 5) is 25.1. The van der Waals surface area contributed by atoms with Crippen LogP contribution < -0.4 is 15.4 Å². The quantitative estimate of drug-likeness (QED) is 0.475. The maximum Gasteiger partial charge on any atom is 0.256 e. The van der Waals surface area contributed by atoms with E-state index in [-0.39, 0.29) is 16.9 Å². The van der Waals surface area contributed by atoms with Gasteiger partial charge >= 0.3 is 0 Å². The third-order valence-electron chi connectivity index (χ3n) is 6.48. The molecule has 7 nitrogen and oxygen atoms in total. The minimum Gasteiger partial charge on any atom is -0.489 e. The van der Waals surface area contributed by atoms with Gasteiger partial charge in [0.15, 0.2) is 5.54 Å². The summed E-state index contributed by atoms with van der Waals surface area (Å²) >= 11 is 0. The molecule has 2 aliphatic rings. The summed E-state index contributed by atoms with van der Waals surface area (Å²) in [5, 5.41) is 18.4. The van der Waals surface area contributed by atoms with Gasteiger partial charge in [-0.05, 0) is 36.2 Å². The van der Waals surface area contributed by atoms with Crippen LogP contribution in [0.5, 0.6) is 5.75 Å². The van der Waals surface area contributed by atoms with Crippen LogP contribution >= 0.6 is 0 Å². The van der Waals surface area contributed by atoms with Crippen LogP contribution in [0, 0.1) is 10.1 Å². The van der Waals surface area contributed by atoms with Gasteiger partial charge in [-0.2, -0.15) is 0 Å². The first-order chi connectivity index (χ1) is 15.5. The lowest BCUT2D eigenvalue weighted by atomic mass is 9.78. The number of rotatable bonds is 5. The first-order valence-corrected chi connectivity index (χ1v) is 10.6. The Hall–Kier alpha value is -3.71. The van der Waals surface area contributed by atoms with Gasteiger partial charge in [0, 0.05) is 22.2 Å². The van der Waals surface area contributed by atoms with Gasteiger partial charge in [-0.1, -0.05) is 60.7 Å². The fourth-order valence-corrected chi connectivity index (χ4v) is 5.08. The number of para-hydroxylation sites is 1. The average molecular weight is 429 g/mol. The van der Waals surface area contributed by atoms with E-state index in [2.05, 4.69) is 10.6 Å². The van der Waals surface area contributed by atoms with Crippen molar-refractivity contribution in [1.29, 1.82) is 0 Å². The fourth-order valence-electron chi connectivity index (χ4n) is 5.08. The number of anilines is 1. The van der Waals surface area contributed by atoms with Crippen LogP contribution in [-0.4, -0.2) is 22.9 Å². The number of ether oxygens (including phenoxy) is 1. The molecule has 162 valence electrons. The van der Waals surface area contributed by atoms with Gasteiger partial charge < -0.3 is 10.1 Å². The Balaban J connectivity index is 1.45. The molecule has 0 aromatic heterocycles. The van der Waals surface area contributed by atoms with E-state index in [9.17, 15) is 14.9 Å². The molecular formula is C25H23N3O4. The zero-order chi connectivity index (χ0) is 22.3. The number of fused-ring (bicyclic) bond motifs is 2. The van der Waals surface area contributed by atoms with Crippen molar-refractivity contribution in [3.05, 3.63) is 106 Å². The van der Waals surface area contributed by atoms with Crippen LogP contribution in [0.3, 0.4) is 0 Å². The molecular weight excluding hydrogens is 406 g/mol. The number of nitrogens with zero attached hydrogens (tertiary/aromatic N) is 1. The van der Waals surface area contributed by atoms with Gasteiger partial charge in [0.05, 0.1) is 5.92 Å². The first kappa shape index (κ1) is 20.2. The normalized spacial score (nSPS) is 26.0. The second-order valence-corrected chi connectivity index (χ2v) is 8.34. The lowest BCUT2D eigenvalue weighted by Crippen LogP contribution is -2.54. The summed E-state index contributed by atoms with van der Waals surface area (Å²) in [6.07, 6.45) is 0. The molecule has 1 amide bonds. The summed E-state index contributed by atoms with van der Waals surface area (Å²) in [5.41, 5.74) is 1.71. The Morgan fingerprint density at radius 3 is 2.41 bits per heavy atom. The van der Waals surface area contributed by atoms with E-state index in [4.69, 9.17) is 4.74 Å². The molecule has 32 heavy (non-hydrogen) atoms. The highest BCUT2D eigenvalue weighted by molar-refractivity contribution is 6.07. The van der Waals surface area contributed by atoms with Crippen LogP contribution in [0.1, 0.15) is 29.5 Å². The Kier molecular flexibility index (Phi) is 4.90. The summed E-state index contributed by atoms with van der Waals surface area (Å²) < 4.78 is 5.85. The van der Waals surface area contributed by atoms with E-state index in [1.54, 1.807) is 18.2 Å². The third kappa shape index (κ3) is 3.13. The molecule has 0 bridgehead atoms. The minimum atomic E-state index is -1.40. The van der Waals surface area contributed by atoms with Crippen LogP contribution in [0.2, 0.25) is 0 Å². The smallest absolute Gasteiger partial charge is 0.256 e. The molecule has 0 aliphatic carbocycles. The second-order valence-electron chi connectivity index (χ2n) is 8.34. The van der Waals surface area contributed by atoms with Gasteiger partial charge in [0.25, 0.3) is 11.9 Å². The average Bonchev–Trinajstić information content (AvgIpc) is 3.27. The number of carbonyl (C=O) groups excluding carboxylic acids is 1. The zero-order valence-corrected chi connectivity index (χ0v) is 17.5. The monoisotopic (exact) mass is 429 g/mol. The van der Waals surface area contributed by atoms with Crippen molar-refractivity contribution < 1.29 is 14.5 Å². The van der Waals surface area contributed by atoms with Crippen LogP contribution in [0.4, 0.5) is 5.69 Å². The molecule has 2 aliphatic heterocycles. The minimum absolute atomic E-state index is 0.279. The molecule has 0 radical (unpaired) electrons. The van der Waals surface area contributed by atoms with E-state index < -0.39 is 17.5 Å². The summed E-state index contributed by atoms with van der Waals surface area (Å²) in [6, 6.07) is 23.0. The van der Waals surface area contributed by atoms with Crippen LogP contribution in [0.25, 0.3) is 0 Å². The second kappa shape index (κ2) is 7.76. The molecule has 7 heteroatoms. The molecule has 2 N–H and O–H groups in total. The molecule has 1 spiro atoms. The summed E-state index contributed by atoms with van der Waals surface area (Å²) in [6.45, 7) is 2.34. The van der Waals surface area contributed by atoms with Crippen molar-refractivity contribution in [2.75, 3.05) is 5.32 Å². The number of hydrogen-bond acceptors (Lipinski definition) is 5. The van der Waals surface area contributed by atoms with Crippen molar-refractivity contribution in [2.24, 2.45) is 0 Å². The number of nitro groups is 1. The lowest BCUT2D eigenvalue weighted by molar-refractivity contribution is -0.532. The maximum absolute atomic E-state index is 13.1. The predicted molar refractivity (Wildman–Crippen MR) is 120 cm³/mol. The van der Waals surface area contributed by atoms with Crippen LogP contribution in [0.15, 0.2) is 78.9 Å². The summed E-state index contributed by atoms with van der Waals surface area (Å²) in [7, 11) is 0. The van der Waals surface area contributed by atoms with Crippen molar-refractivity contribution in [3.8, 4) is 5.75 Å². The molecule has 1 saturated heterocycles. The number of hydrogen-bond donors (Lipinski definition) is 2. The molecule has 1 fully saturated rings. The molecule has 2 heterocycles. The van der Waals surface area contributed by atoms with Gasteiger partial charge in [0.1, 0.15) is 12.4 Å². The highest BCUT2D eigenvalue weighted by atomic mass is 16.6. The van der Waals surface area contributed by atoms with Crippen molar-refractivity contribution in [1.82, 2.24) is 5.32 Å². The predicted octanol–water partition coefficient (Wildman–Crippen LogP) is 3.83. The highest BCUT2D eigenvalue weighted by Gasteiger charge is 2.67. The number of benzene rings is 3. The molecule has 3 aromatic carbocycles. The number of amides is 1. The van der Waals surface area contributed by atoms with E-state index >= 15 is 0 Å². The Bertz CT molecular complexity index is 1170. The third-order valence-corrected chi connectivity index (χ3v) is 6.48. The Morgan fingerprint density at radius 1 is 1.00 bits per heavy atom. The van der Waals surface area contributed by atoms with E-state index in [0.29, 0.717) is 23.6 Å². The number of nitrogens with one attached hydrogen (secondary N) is 2. The summed E-state index contributed by atoms with van der Waals surface area (Å²) in [5.74, 6) is -0.171. The highest BCUT2D eigenvalue weighted by Crippen LogP contribution is 2.49. The van der Waals surface area contributed by atoms with E-state index in [1.165, 1.54) is 0 Å². The van der Waals surface area contributed by atoms with Gasteiger partial charge in [-0.25, -0.2) is 0 Å². The molecule has 4 atom stereocenters. The van der Waals surface area contributed by atoms with Gasteiger partial charge in [-0.15, -0.1) is 0 Å². The Morgan fingerprint density at radius 2 is 1.69 bits per heavy atom. The topological polar surface area (TPSA) is 93.5 Å². The van der Waals surface area contributed by atoms with E-state index in [0.717, 1.165) is 11.1 Å². The first-order valence-electron chi connectivity index (χ1n) is 10.6. The van der Waals surface area contributed by atoms with E-state index in [1.807, 2.05) is 67.6 Å². The molecule has 5 rings (SSSR count). The molecule has 0 saturated carbocycles. The van der Waals surface area contributed by atoms with Crippen molar-refractivity contribution in [3.63, 3.8) is 0 Å². The Labute approximate surface area is 185 Å². The van der Waals surface area contributed by atoms with Gasteiger partial charge in [-0.3, -0.25) is 20.2 Å². The lowest BCUT2D eigenvalue weighted by Gasteiger charge is -2.25. The fraction of sp³-hybridized carbons (Fsp3) is 0.240. The zero-order valence-electron chi connectivity index (χ0n) is 17.5. The largest absolute Gasteiger partial charge is 0.489 e. The standard InChI is InChI=1S/C25H23N3O4/c1-16-22(18-11-13-19(14-12-18)32-15-17-7-3-2-4-8-17)23(28(30)31)25(27-16)20-9-5-6-10-21(20)26-24(25)29/h2-14,16,22-23,27H,15H2,1H3,(H,26,29)/t16-,22-,23+,25-/m0/s1. The molecule has 3 aromatic rings. The maximum atomic E-state index is 13.1. The van der Waals surface area contributed by atoms with Crippen LogP contribution in [-0.2, 0) is 16.9 Å². The van der Waals surface area contributed by atoms with Gasteiger partial charge in [0.2, 0.25) is 0 Å².